The summed E-state index contributed by atoms with van der Waals surface area (Å²) in [5.41, 5.74) is 0.683. The van der Waals surface area contributed by atoms with Gasteiger partial charge in [0.2, 0.25) is 23.6 Å². The minimum absolute atomic E-state index is 0.0314. The molecule has 3 aromatic carbocycles. The van der Waals surface area contributed by atoms with Gasteiger partial charge in [-0.3, -0.25) is 29.0 Å². The molecule has 0 aromatic heterocycles. The third-order valence-corrected chi connectivity index (χ3v) is 9.65. The summed E-state index contributed by atoms with van der Waals surface area (Å²) in [6.45, 7) is 0. The van der Waals surface area contributed by atoms with Crippen molar-refractivity contribution in [2.24, 2.45) is 35.5 Å². The highest BCUT2D eigenvalue weighted by Crippen LogP contribution is 2.61. The molecule has 2 bridgehead atoms. The van der Waals surface area contributed by atoms with Gasteiger partial charge in [0.15, 0.2) is 0 Å². The number of methoxy groups -OCH3 is 2. The number of hydrogen-bond acceptors (Lipinski definition) is 8. The molecule has 0 spiro atoms. The van der Waals surface area contributed by atoms with Crippen LogP contribution in [0.1, 0.15) is 0 Å². The van der Waals surface area contributed by atoms with Gasteiger partial charge in [0.25, 0.3) is 0 Å². The van der Waals surface area contributed by atoms with Crippen LogP contribution >= 0.6 is 23.2 Å². The summed E-state index contributed by atoms with van der Waals surface area (Å²) in [6.07, 6.45) is 1.53. The Bertz CT molecular complexity index is 1730. The van der Waals surface area contributed by atoms with Crippen LogP contribution in [0.3, 0.4) is 0 Å². The monoisotopic (exact) mass is 646 g/mol. The molecule has 0 unspecified atom stereocenters. The minimum Gasteiger partial charge on any atom is -0.497 e. The predicted octanol–water partition coefficient (Wildman–Crippen LogP) is 4.71. The van der Waals surface area contributed by atoms with Gasteiger partial charge in [0.05, 0.1) is 54.3 Å². The van der Waals surface area contributed by atoms with Crippen molar-refractivity contribution >= 4 is 64.2 Å². The van der Waals surface area contributed by atoms with Crippen molar-refractivity contribution in [2.45, 2.75) is 0 Å². The molecular formula is C33H24Cl2N2O8. The molecule has 3 fully saturated rings. The van der Waals surface area contributed by atoms with E-state index in [0.717, 1.165) is 9.80 Å². The number of carbonyl (C=O) groups excluding carboxylic acids is 5. The molecule has 2 aliphatic heterocycles. The Hall–Kier alpha value is -4.67. The number of esters is 1. The molecule has 2 heterocycles. The fourth-order valence-electron chi connectivity index (χ4n) is 7.24. The molecule has 8 rings (SSSR count). The van der Waals surface area contributed by atoms with Crippen molar-refractivity contribution in [3.8, 4) is 17.2 Å². The van der Waals surface area contributed by atoms with Crippen molar-refractivity contribution in [1.29, 1.82) is 0 Å². The summed E-state index contributed by atoms with van der Waals surface area (Å²) in [5.74, 6) is -7.98. The molecule has 10 nitrogen and oxygen atoms in total. The minimum atomic E-state index is -1.11. The highest BCUT2D eigenvalue weighted by atomic mass is 35.5. The molecule has 3 aromatic rings. The molecule has 5 aliphatic rings. The standard InChI is InChI=1S/C33H24Cl2N2O8/c1-43-18-8-4-16(5-9-18)36-29(38)25-20-14-21(33(42)45-23-12-3-15(34)13-22(23)35)24(27(25)31(36)40)28-26(20)30(39)37(32(28)41)17-6-10-19(44-2)11-7-17/h3-14,20,24-28H,1-2H3/t20?,24?,25-,26-,27-,28-/m1/s1. The summed E-state index contributed by atoms with van der Waals surface area (Å²) < 4.78 is 16.1. The molecule has 1 saturated carbocycles. The fraction of sp³-hybridized carbons (Fsp3) is 0.242. The second kappa shape index (κ2) is 10.7. The van der Waals surface area contributed by atoms with E-state index in [2.05, 4.69) is 0 Å². The quantitative estimate of drug-likeness (QED) is 0.215. The van der Waals surface area contributed by atoms with Crippen molar-refractivity contribution < 1.29 is 38.2 Å². The lowest BCUT2D eigenvalue weighted by atomic mass is 9.52. The number of hydrogen-bond donors (Lipinski definition) is 0. The van der Waals surface area contributed by atoms with Crippen LogP contribution in [0, 0.1) is 35.5 Å². The van der Waals surface area contributed by atoms with E-state index in [-0.39, 0.29) is 16.3 Å². The van der Waals surface area contributed by atoms with Gasteiger partial charge in [-0.25, -0.2) is 4.79 Å². The first-order valence-electron chi connectivity index (χ1n) is 14.1. The lowest BCUT2D eigenvalue weighted by Gasteiger charge is -2.46. The Labute approximate surface area is 267 Å². The maximum absolute atomic E-state index is 14.1. The van der Waals surface area contributed by atoms with E-state index in [1.165, 1.54) is 38.5 Å². The third-order valence-electron chi connectivity index (χ3n) is 9.12. The Balaban J connectivity index is 1.31. The van der Waals surface area contributed by atoms with Crippen molar-refractivity contribution in [3.05, 3.63) is 88.4 Å². The van der Waals surface area contributed by atoms with Crippen LogP contribution in [-0.2, 0) is 24.0 Å². The van der Waals surface area contributed by atoms with E-state index in [1.807, 2.05) is 0 Å². The van der Waals surface area contributed by atoms with Gasteiger partial charge in [-0.1, -0.05) is 29.3 Å². The van der Waals surface area contributed by atoms with Crippen molar-refractivity contribution in [3.63, 3.8) is 0 Å². The summed E-state index contributed by atoms with van der Waals surface area (Å²) in [7, 11) is 3.00. The van der Waals surface area contributed by atoms with Crippen LogP contribution in [0.25, 0.3) is 0 Å². The smallest absolute Gasteiger partial charge is 0.339 e. The lowest BCUT2D eigenvalue weighted by molar-refractivity contribution is -0.142. The molecule has 228 valence electrons. The first kappa shape index (κ1) is 29.1. The second-order valence-corrected chi connectivity index (χ2v) is 12.1. The van der Waals surface area contributed by atoms with E-state index in [4.69, 9.17) is 37.4 Å². The summed E-state index contributed by atoms with van der Waals surface area (Å²) in [5, 5.41) is 0.424. The molecule has 12 heteroatoms. The zero-order valence-corrected chi connectivity index (χ0v) is 25.3. The number of imide groups is 2. The lowest BCUT2D eigenvalue weighted by Crippen LogP contribution is -2.53. The number of allylic oxidation sites excluding steroid dienone is 1. The van der Waals surface area contributed by atoms with Gasteiger partial charge < -0.3 is 14.2 Å². The summed E-state index contributed by atoms with van der Waals surface area (Å²) in [6, 6.07) is 17.2. The van der Waals surface area contributed by atoms with Gasteiger partial charge in [0, 0.05) is 22.4 Å². The van der Waals surface area contributed by atoms with Crippen LogP contribution in [0.4, 0.5) is 11.4 Å². The van der Waals surface area contributed by atoms with E-state index in [9.17, 15) is 24.0 Å². The normalized spacial score (nSPS) is 26.5. The molecule has 3 aliphatic carbocycles. The molecule has 4 atom stereocenters. The predicted molar refractivity (Wildman–Crippen MR) is 162 cm³/mol. The molecule has 0 N–H and O–H groups in total. The van der Waals surface area contributed by atoms with Crippen molar-refractivity contribution in [2.75, 3.05) is 24.0 Å². The first-order valence-corrected chi connectivity index (χ1v) is 14.8. The SMILES string of the molecule is COc1ccc(N2C(=O)[C@@H]3C4C=C(C(=O)Oc5ccc(Cl)cc5Cl)C([C@H]3C2=O)[C@H]2C(=O)N(c3ccc(OC)cc3)C(=O)[C@H]42)cc1. The Morgan fingerprint density at radius 1 is 0.644 bits per heavy atom. The van der Waals surface area contributed by atoms with Crippen LogP contribution in [0.15, 0.2) is 78.4 Å². The van der Waals surface area contributed by atoms with E-state index < -0.39 is 65.1 Å². The second-order valence-electron chi connectivity index (χ2n) is 11.2. The maximum Gasteiger partial charge on any atom is 0.339 e. The molecule has 45 heavy (non-hydrogen) atoms. The number of anilines is 2. The van der Waals surface area contributed by atoms with E-state index >= 15 is 0 Å². The maximum atomic E-state index is 14.1. The number of nitrogens with zero attached hydrogens (tertiary/aromatic N) is 2. The number of rotatable bonds is 6. The van der Waals surface area contributed by atoms with E-state index in [0.29, 0.717) is 27.9 Å². The Morgan fingerprint density at radius 2 is 1.11 bits per heavy atom. The zero-order valence-electron chi connectivity index (χ0n) is 23.8. The van der Waals surface area contributed by atoms with Gasteiger partial charge in [0.1, 0.15) is 17.2 Å². The summed E-state index contributed by atoms with van der Waals surface area (Å²) in [4.78, 5) is 72.2. The largest absolute Gasteiger partial charge is 0.497 e. The first-order chi connectivity index (χ1) is 21.6. The fourth-order valence-corrected chi connectivity index (χ4v) is 7.69. The highest BCUT2D eigenvalue weighted by molar-refractivity contribution is 6.35. The van der Waals surface area contributed by atoms with Gasteiger partial charge in [-0.05, 0) is 66.7 Å². The van der Waals surface area contributed by atoms with Crippen LogP contribution in [-0.4, -0.2) is 43.8 Å². The Morgan fingerprint density at radius 3 is 1.56 bits per heavy atom. The van der Waals surface area contributed by atoms with Gasteiger partial charge in [-0.15, -0.1) is 0 Å². The van der Waals surface area contributed by atoms with Gasteiger partial charge >= 0.3 is 5.97 Å². The third kappa shape index (κ3) is 4.34. The number of carbonyl (C=O) groups is 5. The Kier molecular flexibility index (Phi) is 6.94. The molecular weight excluding hydrogens is 623 g/mol. The highest BCUT2D eigenvalue weighted by Gasteiger charge is 2.71. The van der Waals surface area contributed by atoms with Gasteiger partial charge in [-0.2, -0.15) is 0 Å². The average molecular weight is 647 g/mol. The molecule has 4 amide bonds. The molecule has 0 radical (unpaired) electrons. The average Bonchev–Trinajstić information content (AvgIpc) is 3.48. The topological polar surface area (TPSA) is 120 Å². The van der Waals surface area contributed by atoms with E-state index in [1.54, 1.807) is 48.5 Å². The number of halogens is 2. The number of amides is 4. The summed E-state index contributed by atoms with van der Waals surface area (Å²) >= 11 is 12.3. The van der Waals surface area contributed by atoms with Crippen LogP contribution in [0.2, 0.25) is 10.0 Å². The zero-order chi connectivity index (χ0) is 31.7. The van der Waals surface area contributed by atoms with Crippen LogP contribution < -0.4 is 24.0 Å². The van der Waals surface area contributed by atoms with Crippen LogP contribution in [0.5, 0.6) is 17.2 Å². The van der Waals surface area contributed by atoms with Crippen molar-refractivity contribution in [1.82, 2.24) is 0 Å². The number of ether oxygens (including phenoxy) is 3. The number of benzene rings is 3. The molecule has 2 saturated heterocycles.